The fraction of sp³-hybridized carbons (Fsp3) is 0.389. The monoisotopic (exact) mass is 468 g/mol. The molecule has 0 atom stereocenters. The van der Waals surface area contributed by atoms with Crippen LogP contribution in [0.3, 0.4) is 0 Å². The van der Waals surface area contributed by atoms with Crippen molar-refractivity contribution in [3.63, 3.8) is 0 Å². The third-order valence-corrected chi connectivity index (χ3v) is 7.01. The molecule has 2 aromatic rings. The molecular weight excluding hydrogens is 448 g/mol. The van der Waals surface area contributed by atoms with Crippen LogP contribution in [0.4, 0.5) is 11.6 Å². The molecule has 1 aliphatic rings. The van der Waals surface area contributed by atoms with Crippen LogP contribution in [0.5, 0.6) is 0 Å². The Morgan fingerprint density at radius 2 is 1.87 bits per heavy atom. The zero-order chi connectivity index (χ0) is 22.4. The number of carbonyl (C=O) groups is 1. The number of aromatic nitrogens is 2. The molecule has 1 amide bonds. The van der Waals surface area contributed by atoms with Gasteiger partial charge in [-0.15, -0.1) is 0 Å². The van der Waals surface area contributed by atoms with E-state index in [0.29, 0.717) is 32.1 Å². The number of nitrogens with one attached hydrogen (secondary N) is 1. The summed E-state index contributed by atoms with van der Waals surface area (Å²) in [5, 5.41) is 13.4. The molecule has 166 valence electrons. The number of nitrogens with zero attached hydrogens (tertiary/aromatic N) is 5. The molecule has 1 aromatic carbocycles. The maximum Gasteiger partial charge on any atom is 0.288 e. The van der Waals surface area contributed by atoms with Gasteiger partial charge in [-0.3, -0.25) is 14.9 Å². The maximum absolute atomic E-state index is 12.6. The van der Waals surface area contributed by atoms with Crippen LogP contribution < -0.4 is 10.2 Å². The highest BCUT2D eigenvalue weighted by Crippen LogP contribution is 2.25. The quantitative estimate of drug-likeness (QED) is 0.347. The van der Waals surface area contributed by atoms with Crippen LogP contribution in [-0.4, -0.2) is 72.0 Å². The van der Waals surface area contributed by atoms with Gasteiger partial charge in [0.25, 0.3) is 11.6 Å². The molecule has 2 heterocycles. The largest absolute Gasteiger partial charge is 0.352 e. The van der Waals surface area contributed by atoms with Crippen molar-refractivity contribution >= 4 is 39.2 Å². The van der Waals surface area contributed by atoms with E-state index in [9.17, 15) is 23.3 Å². The number of piperazine rings is 1. The maximum atomic E-state index is 12.6. The van der Waals surface area contributed by atoms with E-state index in [0.717, 1.165) is 6.07 Å². The summed E-state index contributed by atoms with van der Waals surface area (Å²) in [6.45, 7) is 1.78. The third-order valence-electron chi connectivity index (χ3n) is 4.74. The van der Waals surface area contributed by atoms with Gasteiger partial charge >= 0.3 is 0 Å². The first-order chi connectivity index (χ1) is 14.8. The average Bonchev–Trinajstić information content (AvgIpc) is 2.77. The van der Waals surface area contributed by atoms with Crippen molar-refractivity contribution in [2.24, 2.45) is 0 Å². The first-order valence-corrected chi connectivity index (χ1v) is 11.5. The first kappa shape index (κ1) is 22.8. The second kappa shape index (κ2) is 9.98. The fourth-order valence-corrected chi connectivity index (χ4v) is 4.78. The van der Waals surface area contributed by atoms with Crippen LogP contribution in [-0.2, 0) is 10.0 Å². The van der Waals surface area contributed by atoms with E-state index in [2.05, 4.69) is 15.3 Å². The Labute approximate surface area is 184 Å². The number of sulfonamides is 1. The Morgan fingerprint density at radius 1 is 1.19 bits per heavy atom. The molecule has 0 aliphatic carbocycles. The van der Waals surface area contributed by atoms with Crippen molar-refractivity contribution in [2.45, 2.75) is 6.42 Å². The number of hydrogen-bond donors (Lipinski definition) is 1. The zero-order valence-electron chi connectivity index (χ0n) is 16.5. The second-order valence-electron chi connectivity index (χ2n) is 6.78. The third kappa shape index (κ3) is 5.87. The summed E-state index contributed by atoms with van der Waals surface area (Å²) in [4.78, 5) is 32.7. The minimum absolute atomic E-state index is 0.0634. The van der Waals surface area contributed by atoms with Crippen LogP contribution in [0.15, 0.2) is 36.7 Å². The van der Waals surface area contributed by atoms with E-state index in [1.807, 2.05) is 4.90 Å². The van der Waals surface area contributed by atoms with E-state index in [1.165, 1.54) is 16.4 Å². The van der Waals surface area contributed by atoms with Crippen LogP contribution in [0, 0.1) is 10.1 Å². The zero-order valence-corrected chi connectivity index (χ0v) is 18.0. The lowest BCUT2D eigenvalue weighted by molar-refractivity contribution is -0.384. The molecule has 0 unspecified atom stereocenters. The smallest absolute Gasteiger partial charge is 0.288 e. The first-order valence-electron chi connectivity index (χ1n) is 9.50. The lowest BCUT2D eigenvalue weighted by Crippen LogP contribution is -2.49. The number of benzene rings is 1. The summed E-state index contributed by atoms with van der Waals surface area (Å²) in [6.07, 6.45) is 3.50. The fourth-order valence-electron chi connectivity index (χ4n) is 3.10. The topological polar surface area (TPSA) is 139 Å². The summed E-state index contributed by atoms with van der Waals surface area (Å²) < 4.78 is 26.6. The average molecular weight is 469 g/mol. The molecule has 1 N–H and O–H groups in total. The van der Waals surface area contributed by atoms with Crippen LogP contribution in [0.25, 0.3) is 0 Å². The molecule has 0 radical (unpaired) electrons. The predicted octanol–water partition coefficient (Wildman–Crippen LogP) is 1.31. The lowest BCUT2D eigenvalue weighted by Gasteiger charge is -2.33. The molecule has 0 bridgehead atoms. The predicted molar refractivity (Wildman–Crippen MR) is 115 cm³/mol. The van der Waals surface area contributed by atoms with Gasteiger partial charge in [-0.25, -0.2) is 18.4 Å². The number of hydrogen-bond acceptors (Lipinski definition) is 8. The molecule has 31 heavy (non-hydrogen) atoms. The van der Waals surface area contributed by atoms with E-state index in [4.69, 9.17) is 11.6 Å². The van der Waals surface area contributed by atoms with Gasteiger partial charge in [-0.2, -0.15) is 4.31 Å². The number of anilines is 1. The van der Waals surface area contributed by atoms with Crippen molar-refractivity contribution in [1.82, 2.24) is 19.6 Å². The summed E-state index contributed by atoms with van der Waals surface area (Å²) in [5.41, 5.74) is -0.282. The lowest BCUT2D eigenvalue weighted by atomic mass is 10.2. The molecule has 1 aromatic heterocycles. The van der Waals surface area contributed by atoms with Gasteiger partial charge in [0, 0.05) is 56.7 Å². The van der Waals surface area contributed by atoms with E-state index in [-0.39, 0.29) is 35.0 Å². The molecule has 11 nitrogen and oxygen atoms in total. The summed E-state index contributed by atoms with van der Waals surface area (Å²) >= 11 is 5.74. The van der Waals surface area contributed by atoms with Gasteiger partial charge in [0.15, 0.2) is 0 Å². The van der Waals surface area contributed by atoms with Crippen molar-refractivity contribution in [1.29, 1.82) is 0 Å². The minimum Gasteiger partial charge on any atom is -0.352 e. The molecule has 1 saturated heterocycles. The molecule has 13 heteroatoms. The summed E-state index contributed by atoms with van der Waals surface area (Å²) in [5.74, 6) is -0.0751. The van der Waals surface area contributed by atoms with Crippen LogP contribution in [0.2, 0.25) is 5.02 Å². The Morgan fingerprint density at radius 3 is 2.52 bits per heavy atom. The Balaban J connectivity index is 1.45. The van der Waals surface area contributed by atoms with Gasteiger partial charge in [0.05, 0.1) is 10.7 Å². The van der Waals surface area contributed by atoms with Crippen LogP contribution in [0.1, 0.15) is 16.8 Å². The number of carbonyl (C=O) groups excluding carboxylic acids is 1. The number of nitro benzene ring substituents is 1. The van der Waals surface area contributed by atoms with Gasteiger partial charge in [-0.05, 0) is 24.6 Å². The van der Waals surface area contributed by atoms with Crippen molar-refractivity contribution in [3.8, 4) is 0 Å². The Hall–Kier alpha value is -2.83. The molecule has 3 rings (SSSR count). The number of halogens is 1. The molecular formula is C18H21ClN6O5S. The highest BCUT2D eigenvalue weighted by atomic mass is 35.5. The van der Waals surface area contributed by atoms with Gasteiger partial charge in [0.2, 0.25) is 16.0 Å². The molecule has 1 aliphatic heterocycles. The summed E-state index contributed by atoms with van der Waals surface area (Å²) in [7, 11) is -3.47. The van der Waals surface area contributed by atoms with E-state index < -0.39 is 20.9 Å². The van der Waals surface area contributed by atoms with Crippen LogP contribution >= 0.6 is 11.6 Å². The van der Waals surface area contributed by atoms with Gasteiger partial charge < -0.3 is 10.2 Å². The molecule has 0 saturated carbocycles. The standard InChI is InChI=1S/C18H21ClN6O5S/c19-15-4-3-14(13-16(15)25(27)28)17(26)20-7-2-12-31(29,30)24-10-8-23(9-11-24)18-21-5-1-6-22-18/h1,3-6,13H,2,7-12H2,(H,20,26). The Kier molecular flexibility index (Phi) is 7.36. The minimum atomic E-state index is -3.47. The highest BCUT2D eigenvalue weighted by Gasteiger charge is 2.27. The number of rotatable bonds is 8. The number of nitro groups is 1. The Bertz CT molecular complexity index is 1040. The van der Waals surface area contributed by atoms with E-state index >= 15 is 0 Å². The second-order valence-corrected chi connectivity index (χ2v) is 9.28. The highest BCUT2D eigenvalue weighted by molar-refractivity contribution is 7.89. The summed E-state index contributed by atoms with van der Waals surface area (Å²) in [6, 6.07) is 5.46. The van der Waals surface area contributed by atoms with E-state index in [1.54, 1.807) is 18.5 Å². The SMILES string of the molecule is O=C(NCCCS(=O)(=O)N1CCN(c2ncccn2)CC1)c1ccc(Cl)c([N+](=O)[O-])c1. The van der Waals surface area contributed by atoms with Crippen molar-refractivity contribution in [3.05, 3.63) is 57.4 Å². The molecule has 0 spiro atoms. The normalized spacial score (nSPS) is 14.9. The van der Waals surface area contributed by atoms with Gasteiger partial charge in [0.1, 0.15) is 5.02 Å². The van der Waals surface area contributed by atoms with Crippen molar-refractivity contribution < 1.29 is 18.1 Å². The number of amides is 1. The molecule has 1 fully saturated rings. The van der Waals surface area contributed by atoms with Gasteiger partial charge in [-0.1, -0.05) is 11.6 Å². The van der Waals surface area contributed by atoms with Crippen molar-refractivity contribution in [2.75, 3.05) is 43.4 Å².